The average molecular weight is 299 g/mol. The second kappa shape index (κ2) is 4.79. The fraction of sp³-hybridized carbons (Fsp3) is 0.462. The molecule has 0 amide bonds. The molecule has 0 aromatic heterocycles. The fourth-order valence-electron chi connectivity index (χ4n) is 2.54. The van der Waals surface area contributed by atoms with E-state index in [1.54, 1.807) is 6.07 Å². The van der Waals surface area contributed by atoms with E-state index in [9.17, 15) is 18.3 Å². The Hall–Kier alpha value is -1.52. The minimum absolute atomic E-state index is 0.0675. The summed E-state index contributed by atoms with van der Waals surface area (Å²) in [6.45, 7) is 0.429. The Morgan fingerprint density at radius 2 is 2.20 bits per heavy atom. The zero-order valence-corrected chi connectivity index (χ0v) is 12.0. The van der Waals surface area contributed by atoms with Crippen molar-refractivity contribution < 1.29 is 13.0 Å². The fourth-order valence-corrected chi connectivity index (χ4v) is 4.79. The van der Waals surface area contributed by atoms with Crippen LogP contribution in [0.25, 0.3) is 0 Å². The lowest BCUT2D eigenvalue weighted by Crippen LogP contribution is -2.50. The number of alkyl halides is 1. The second-order valence-electron chi connectivity index (χ2n) is 4.93. The van der Waals surface area contributed by atoms with Gasteiger partial charge in [0.1, 0.15) is 12.5 Å². The normalized spacial score (nSPS) is 36.5. The summed E-state index contributed by atoms with van der Waals surface area (Å²) in [5.74, 6) is -0.837. The maximum atomic E-state index is 14.0. The number of hydrogen-bond donors (Lipinski definition) is 1. The number of nitrogens with zero attached hydrogens (tertiary/aromatic N) is 2. The van der Waals surface area contributed by atoms with Gasteiger partial charge in [0.2, 0.25) is 0 Å². The van der Waals surface area contributed by atoms with Crippen molar-refractivity contribution in [3.05, 3.63) is 35.6 Å². The van der Waals surface area contributed by atoms with Gasteiger partial charge in [0.25, 0.3) is 0 Å². The van der Waals surface area contributed by atoms with Gasteiger partial charge in [0.05, 0.1) is 27.1 Å². The smallest absolute Gasteiger partial charge is 0.188 e. The van der Waals surface area contributed by atoms with Gasteiger partial charge in [0, 0.05) is 12.6 Å². The highest BCUT2D eigenvalue weighted by Crippen LogP contribution is 2.39. The van der Waals surface area contributed by atoms with Crippen LogP contribution in [0.4, 0.5) is 8.78 Å². The third kappa shape index (κ3) is 1.91. The number of halogens is 2. The lowest BCUT2D eigenvalue weighted by atomic mass is 9.92. The third-order valence-corrected chi connectivity index (χ3v) is 6.63. The van der Waals surface area contributed by atoms with Gasteiger partial charge in [-0.05, 0) is 13.0 Å². The third-order valence-electron chi connectivity index (χ3n) is 3.68. The van der Waals surface area contributed by atoms with E-state index in [0.29, 0.717) is 0 Å². The standard InChI is InChI=1S/C13H15F2N3OS/c1-12(8-16)18-13(7-14,9-20(12,19)17-2)10-5-3-4-6-11(10)15/h3-6,18H,7,9H2,1-2H3/t12?,13-,20+/m0/s1. The van der Waals surface area contributed by atoms with Gasteiger partial charge in [-0.25, -0.2) is 17.4 Å². The predicted molar refractivity (Wildman–Crippen MR) is 72.6 cm³/mol. The van der Waals surface area contributed by atoms with Crippen molar-refractivity contribution in [2.75, 3.05) is 19.5 Å². The Bertz CT molecular complexity index is 693. The van der Waals surface area contributed by atoms with Crippen LogP contribution in [0.3, 0.4) is 0 Å². The maximum absolute atomic E-state index is 14.0. The molecular weight excluding hydrogens is 284 g/mol. The summed E-state index contributed by atoms with van der Waals surface area (Å²) in [5, 5.41) is 12.0. The molecule has 108 valence electrons. The summed E-state index contributed by atoms with van der Waals surface area (Å²) < 4.78 is 44.2. The maximum Gasteiger partial charge on any atom is 0.188 e. The SMILES string of the molecule is CN=[S@@]1(=O)C[C@@](CF)(c2ccccc2F)NC1(C)C#N. The first-order valence-corrected chi connectivity index (χ1v) is 7.69. The van der Waals surface area contributed by atoms with E-state index in [4.69, 9.17) is 0 Å². The zero-order valence-electron chi connectivity index (χ0n) is 11.2. The van der Waals surface area contributed by atoms with Gasteiger partial charge in [-0.3, -0.25) is 5.32 Å². The summed E-state index contributed by atoms with van der Waals surface area (Å²) in [6.07, 6.45) is 0. The number of nitriles is 1. The largest absolute Gasteiger partial charge is 0.275 e. The highest BCUT2D eigenvalue weighted by molar-refractivity contribution is 7.95. The first-order valence-electron chi connectivity index (χ1n) is 6.00. The summed E-state index contributed by atoms with van der Waals surface area (Å²) in [4.78, 5) is -1.52. The molecule has 1 aliphatic rings. The topological polar surface area (TPSA) is 65.2 Å². The van der Waals surface area contributed by atoms with Crippen molar-refractivity contribution in [3.8, 4) is 6.07 Å². The molecule has 3 atom stereocenters. The molecule has 1 aromatic rings. The summed E-state index contributed by atoms with van der Waals surface area (Å²) in [7, 11) is -1.69. The first kappa shape index (κ1) is 14.9. The van der Waals surface area contributed by atoms with E-state index in [1.165, 1.54) is 32.2 Å². The van der Waals surface area contributed by atoms with Crippen LogP contribution in [-0.4, -0.2) is 28.6 Å². The highest BCUT2D eigenvalue weighted by Gasteiger charge is 2.56. The van der Waals surface area contributed by atoms with Crippen LogP contribution in [0.2, 0.25) is 0 Å². The molecule has 0 aliphatic carbocycles. The zero-order chi connectivity index (χ0) is 15.0. The molecule has 0 bridgehead atoms. The number of rotatable bonds is 2. The Balaban J connectivity index is 2.66. The molecule has 0 radical (unpaired) electrons. The van der Waals surface area contributed by atoms with Crippen LogP contribution in [-0.2, 0) is 15.3 Å². The number of nitrogens with one attached hydrogen (secondary N) is 1. The molecule has 1 heterocycles. The molecule has 20 heavy (non-hydrogen) atoms. The van der Waals surface area contributed by atoms with Crippen LogP contribution in [0, 0.1) is 17.1 Å². The quantitative estimate of drug-likeness (QED) is 0.907. The van der Waals surface area contributed by atoms with E-state index >= 15 is 0 Å². The Labute approximate surface area is 117 Å². The first-order chi connectivity index (χ1) is 9.36. The molecule has 4 nitrogen and oxygen atoms in total. The molecule has 1 aromatic carbocycles. The van der Waals surface area contributed by atoms with E-state index in [0.717, 1.165) is 0 Å². The highest BCUT2D eigenvalue weighted by atomic mass is 32.2. The minimum Gasteiger partial charge on any atom is -0.275 e. The van der Waals surface area contributed by atoms with Gasteiger partial charge in [-0.1, -0.05) is 18.2 Å². The van der Waals surface area contributed by atoms with Crippen molar-refractivity contribution in [1.82, 2.24) is 5.32 Å². The second-order valence-corrected chi connectivity index (χ2v) is 7.68. The predicted octanol–water partition coefficient (Wildman–Crippen LogP) is 1.93. The van der Waals surface area contributed by atoms with E-state index in [2.05, 4.69) is 9.68 Å². The molecule has 0 saturated carbocycles. The lowest BCUT2D eigenvalue weighted by molar-refractivity contribution is 0.266. The molecule has 2 rings (SSSR count). The van der Waals surface area contributed by atoms with Gasteiger partial charge in [-0.15, -0.1) is 0 Å². The average Bonchev–Trinajstić information content (AvgIpc) is 2.70. The van der Waals surface area contributed by atoms with Crippen molar-refractivity contribution in [2.24, 2.45) is 4.36 Å². The summed E-state index contributed by atoms with van der Waals surface area (Å²) in [5.41, 5.74) is -1.43. The van der Waals surface area contributed by atoms with Gasteiger partial charge in [0.15, 0.2) is 4.87 Å². The summed E-state index contributed by atoms with van der Waals surface area (Å²) >= 11 is 0. The molecule has 1 unspecified atom stereocenters. The molecule has 1 fully saturated rings. The Kier molecular flexibility index (Phi) is 3.56. The van der Waals surface area contributed by atoms with Crippen molar-refractivity contribution in [3.63, 3.8) is 0 Å². The number of hydrogen-bond acceptors (Lipinski definition) is 4. The van der Waals surface area contributed by atoms with Crippen LogP contribution in [0.5, 0.6) is 0 Å². The molecule has 1 aliphatic heterocycles. The van der Waals surface area contributed by atoms with Gasteiger partial charge in [-0.2, -0.15) is 5.26 Å². The molecule has 1 saturated heterocycles. The van der Waals surface area contributed by atoms with Crippen molar-refractivity contribution >= 4 is 9.73 Å². The Morgan fingerprint density at radius 3 is 2.65 bits per heavy atom. The van der Waals surface area contributed by atoms with Crippen LogP contribution >= 0.6 is 0 Å². The van der Waals surface area contributed by atoms with Crippen LogP contribution in [0.15, 0.2) is 28.6 Å². The molecular formula is C13H15F2N3OS. The Morgan fingerprint density at radius 1 is 1.55 bits per heavy atom. The van der Waals surface area contributed by atoms with Gasteiger partial charge < -0.3 is 0 Å². The lowest BCUT2D eigenvalue weighted by Gasteiger charge is -2.28. The van der Waals surface area contributed by atoms with E-state index < -0.39 is 32.6 Å². The molecule has 7 heteroatoms. The van der Waals surface area contributed by atoms with E-state index in [-0.39, 0.29) is 11.3 Å². The molecule has 0 spiro atoms. The molecule has 1 N–H and O–H groups in total. The van der Waals surface area contributed by atoms with Crippen molar-refractivity contribution in [1.29, 1.82) is 5.26 Å². The van der Waals surface area contributed by atoms with E-state index in [1.807, 2.05) is 6.07 Å². The number of benzene rings is 1. The summed E-state index contributed by atoms with van der Waals surface area (Å²) in [6, 6.07) is 7.60. The van der Waals surface area contributed by atoms with Crippen molar-refractivity contribution in [2.45, 2.75) is 17.3 Å². The van der Waals surface area contributed by atoms with Crippen LogP contribution < -0.4 is 5.32 Å². The monoisotopic (exact) mass is 299 g/mol. The van der Waals surface area contributed by atoms with Gasteiger partial charge >= 0.3 is 0 Å². The van der Waals surface area contributed by atoms with Crippen LogP contribution in [0.1, 0.15) is 12.5 Å². The minimum atomic E-state index is -3.02.